The van der Waals surface area contributed by atoms with Crippen molar-refractivity contribution in [2.75, 3.05) is 10.7 Å². The molecule has 0 radical (unpaired) electrons. The van der Waals surface area contributed by atoms with Gasteiger partial charge in [-0.3, -0.25) is 15.3 Å². The van der Waals surface area contributed by atoms with Gasteiger partial charge in [0.1, 0.15) is 5.84 Å². The molecule has 3 N–H and O–H groups in total. The van der Waals surface area contributed by atoms with E-state index in [-0.39, 0.29) is 23.1 Å². The molecule has 0 heterocycles. The maximum absolute atomic E-state index is 5.80. The van der Waals surface area contributed by atoms with Crippen LogP contribution in [0.15, 0.2) is 102 Å². The van der Waals surface area contributed by atoms with E-state index in [1.165, 1.54) is 179 Å². The van der Waals surface area contributed by atoms with E-state index in [9.17, 15) is 0 Å². The highest BCUT2D eigenvalue weighted by Crippen LogP contribution is 2.40. The normalized spacial score (nSPS) is 18.4. The molecule has 61 heavy (non-hydrogen) atoms. The second-order valence-corrected chi connectivity index (χ2v) is 18.6. The minimum absolute atomic E-state index is 0. The van der Waals surface area contributed by atoms with E-state index >= 15 is 0 Å². The molecule has 4 aliphatic carbocycles. The Morgan fingerprint density at radius 1 is 0.492 bits per heavy atom. The molecule has 0 aromatic heterocycles. The molecule has 0 bridgehead atoms. The minimum Gasteiger partial charge on any atom is -1.00 e. The summed E-state index contributed by atoms with van der Waals surface area (Å²) in [7, 11) is 0. The molecule has 4 nitrogen and oxygen atoms in total. The summed E-state index contributed by atoms with van der Waals surface area (Å²) >= 11 is 19.1. The zero-order chi connectivity index (χ0) is 41.8. The van der Waals surface area contributed by atoms with E-state index in [2.05, 4.69) is 113 Å². The fourth-order valence-electron chi connectivity index (χ4n) is 9.79. The summed E-state index contributed by atoms with van der Waals surface area (Å²) in [4.78, 5) is 9.97. The van der Waals surface area contributed by atoms with Gasteiger partial charge in [-0.25, -0.2) is 0 Å². The van der Waals surface area contributed by atoms with Crippen molar-refractivity contribution in [3.8, 4) is 33.4 Å². The highest BCUT2D eigenvalue weighted by Gasteiger charge is 2.29. The predicted molar refractivity (Wildman–Crippen MR) is 261 cm³/mol. The Labute approximate surface area is 393 Å². The Morgan fingerprint density at radius 2 is 0.951 bits per heavy atom. The molecule has 4 aliphatic rings. The molecule has 0 saturated heterocycles. The van der Waals surface area contributed by atoms with Crippen LogP contribution in [0.4, 0.5) is 0 Å². The molecule has 4 saturated carbocycles. The number of benzene rings is 4. The molecule has 8 rings (SSSR count). The Morgan fingerprint density at radius 3 is 1.52 bits per heavy atom. The van der Waals surface area contributed by atoms with Crippen LogP contribution < -0.4 is 28.0 Å². The minimum atomic E-state index is 0. The van der Waals surface area contributed by atoms with Crippen LogP contribution in [0.1, 0.15) is 140 Å². The van der Waals surface area contributed by atoms with E-state index in [0.717, 1.165) is 5.84 Å². The zero-order valence-corrected chi connectivity index (χ0v) is 39.7. The Kier molecular flexibility index (Phi) is 22.2. The van der Waals surface area contributed by atoms with Crippen LogP contribution >= 0.6 is 46.4 Å². The van der Waals surface area contributed by atoms with Crippen molar-refractivity contribution in [3.05, 3.63) is 108 Å². The summed E-state index contributed by atoms with van der Waals surface area (Å²) in [6.45, 7) is 0. The van der Waals surface area contributed by atoms with Gasteiger partial charge < -0.3 is 17.7 Å². The van der Waals surface area contributed by atoms with Gasteiger partial charge in [0, 0.05) is 11.6 Å². The van der Waals surface area contributed by atoms with Gasteiger partial charge in [-0.15, -0.1) is 46.4 Å². The molecule has 0 atom stereocenters. The van der Waals surface area contributed by atoms with Gasteiger partial charge in [0.15, 0.2) is 0 Å². The Hall–Kier alpha value is -2.73. The lowest BCUT2D eigenvalue weighted by molar-refractivity contribution is -0.509. The van der Waals surface area contributed by atoms with Crippen LogP contribution in [0.25, 0.3) is 33.4 Å². The molecular weight excluding hydrogens is 858 g/mol. The van der Waals surface area contributed by atoms with Crippen LogP contribution in [0.3, 0.4) is 0 Å². The number of rotatable bonds is 9. The molecule has 0 amide bonds. The summed E-state index contributed by atoms with van der Waals surface area (Å²) in [5, 5.41) is 8.74. The van der Waals surface area contributed by atoms with Crippen molar-refractivity contribution in [1.82, 2.24) is 10.6 Å². The van der Waals surface area contributed by atoms with Crippen molar-refractivity contribution < 1.29 is 17.4 Å². The van der Waals surface area contributed by atoms with E-state index in [1.54, 1.807) is 0 Å². The van der Waals surface area contributed by atoms with Crippen LogP contribution in [0.5, 0.6) is 0 Å². The van der Waals surface area contributed by atoms with E-state index < -0.39 is 0 Å². The number of amidine groups is 2. The highest BCUT2D eigenvalue weighted by molar-refractivity contribution is 6.41. The van der Waals surface area contributed by atoms with Gasteiger partial charge in [-0.2, -0.15) is 0 Å². The third kappa shape index (κ3) is 14.9. The first kappa shape index (κ1) is 49.3. The average Bonchev–Trinajstić information content (AvgIpc) is 3.31. The number of hydrogen-bond donors (Lipinski definition) is 3. The molecule has 9 heteroatoms. The SMILES string of the molecule is ClCCl.ClCCl.[Cl-].c1ccc(-c2cc(-c3ccccc3)c(C(=NC3CCCCC3)NC3CCCCC3)c(-c3ccccc3C(NC3CCCCC3)=[NH+]C3CCCCC3)c2)cc1. The van der Waals surface area contributed by atoms with Crippen LogP contribution in [0, 0.1) is 0 Å². The second kappa shape index (κ2) is 27.5. The first-order chi connectivity index (χ1) is 29.6. The first-order valence-electron chi connectivity index (χ1n) is 23.0. The van der Waals surface area contributed by atoms with Crippen LogP contribution in [0.2, 0.25) is 0 Å². The summed E-state index contributed by atoms with van der Waals surface area (Å²) in [6, 6.07) is 38.2. The van der Waals surface area contributed by atoms with E-state index in [0.29, 0.717) is 24.2 Å². The van der Waals surface area contributed by atoms with E-state index in [1.807, 2.05) is 0 Å². The summed E-state index contributed by atoms with van der Waals surface area (Å²) < 4.78 is 0. The smallest absolute Gasteiger partial charge is 0.276 e. The number of aliphatic imine (C=N–C) groups is 1. The third-order valence-corrected chi connectivity index (χ3v) is 12.8. The molecule has 4 aromatic carbocycles. The average molecular weight is 925 g/mol. The van der Waals surface area contributed by atoms with Crippen LogP contribution in [-0.2, 0) is 0 Å². The fraction of sp³-hybridized carbons (Fsp3) is 0.500. The molecule has 330 valence electrons. The lowest BCUT2D eigenvalue weighted by atomic mass is 9.84. The number of nitrogens with zero attached hydrogens (tertiary/aromatic N) is 1. The highest BCUT2D eigenvalue weighted by atomic mass is 35.5. The summed E-state index contributed by atoms with van der Waals surface area (Å²) in [6.07, 6.45) is 25.5. The van der Waals surface area contributed by atoms with Gasteiger partial charge in [-0.1, -0.05) is 130 Å². The van der Waals surface area contributed by atoms with Crippen molar-refractivity contribution in [2.24, 2.45) is 4.99 Å². The Bertz CT molecular complexity index is 1890. The van der Waals surface area contributed by atoms with Gasteiger partial charge in [-0.05, 0) is 129 Å². The molecular formula is C52H67Cl5N4. The zero-order valence-electron chi connectivity index (χ0n) is 35.9. The van der Waals surface area contributed by atoms with Gasteiger partial charge >= 0.3 is 0 Å². The number of nitrogens with one attached hydrogen (secondary N) is 3. The van der Waals surface area contributed by atoms with E-state index in [4.69, 9.17) is 51.4 Å². The number of halogens is 5. The summed E-state index contributed by atoms with van der Waals surface area (Å²) in [5.74, 6) is 2.34. The number of hydrogen-bond acceptors (Lipinski definition) is 1. The van der Waals surface area contributed by atoms with Crippen molar-refractivity contribution in [2.45, 2.75) is 153 Å². The quantitative estimate of drug-likeness (QED) is 0.0890. The molecule has 4 aromatic rings. The maximum Gasteiger partial charge on any atom is 0.276 e. The van der Waals surface area contributed by atoms with Gasteiger partial charge in [0.2, 0.25) is 0 Å². The van der Waals surface area contributed by atoms with Crippen LogP contribution in [-0.4, -0.2) is 46.5 Å². The van der Waals surface area contributed by atoms with Crippen molar-refractivity contribution in [3.63, 3.8) is 0 Å². The molecule has 0 spiro atoms. The fourth-order valence-corrected chi connectivity index (χ4v) is 9.79. The maximum atomic E-state index is 5.80. The topological polar surface area (TPSA) is 50.4 Å². The Balaban J connectivity index is 0.000000952. The van der Waals surface area contributed by atoms with Crippen molar-refractivity contribution >= 4 is 58.1 Å². The van der Waals surface area contributed by atoms with Gasteiger partial charge in [0.05, 0.1) is 34.4 Å². The third-order valence-electron chi connectivity index (χ3n) is 12.8. The van der Waals surface area contributed by atoms with Gasteiger partial charge in [0.25, 0.3) is 5.84 Å². The second-order valence-electron chi connectivity index (χ2n) is 17.0. The molecule has 0 unspecified atom stereocenters. The summed E-state index contributed by atoms with van der Waals surface area (Å²) in [5.41, 5.74) is 10.1. The van der Waals surface area contributed by atoms with Crippen molar-refractivity contribution in [1.29, 1.82) is 0 Å². The lowest BCUT2D eigenvalue weighted by Gasteiger charge is -2.29. The standard InChI is InChI=1S/C50H62N4.2CH2Cl2.ClH/c1-7-21-37(22-8-1)39-35-46(38-23-9-2-10-24-38)48(50(53-42-29-15-5-16-30-42)54-43-31-17-6-18-32-43)47(36-39)44-33-19-20-34-45(44)49(51-40-25-11-3-12-26-40)52-41-27-13-4-14-28-41;2*2-1-3;/h1-2,7-10,19-24,33-36,40-43H,3-6,11-18,25-32H2,(H,51,52)(H,53,54);2*1H2;1H. The predicted octanol–water partition coefficient (Wildman–Crippen LogP) is 10.6. The molecule has 4 fully saturated rings. The monoisotopic (exact) mass is 922 g/mol. The number of alkyl halides is 4. The largest absolute Gasteiger partial charge is 1.00 e. The first-order valence-corrected chi connectivity index (χ1v) is 25.1. The lowest BCUT2D eigenvalue weighted by Crippen LogP contribution is -3.00. The molecule has 0 aliphatic heterocycles.